The zero-order valence-electron chi connectivity index (χ0n) is 15.0. The first-order valence-electron chi connectivity index (χ1n) is 8.22. The van der Waals surface area contributed by atoms with E-state index in [0.29, 0.717) is 34.7 Å². The van der Waals surface area contributed by atoms with Gasteiger partial charge in [-0.2, -0.15) is 0 Å². The van der Waals surface area contributed by atoms with Crippen molar-refractivity contribution in [3.8, 4) is 5.75 Å². The third-order valence-corrected chi connectivity index (χ3v) is 3.54. The molecular formula is C20H21NO5. The number of nitrogens with one attached hydrogen (secondary N) is 1. The highest BCUT2D eigenvalue weighted by molar-refractivity contribution is 5.95. The minimum absolute atomic E-state index is 0.0281. The van der Waals surface area contributed by atoms with Crippen LogP contribution in [0.25, 0.3) is 0 Å². The van der Waals surface area contributed by atoms with Crippen molar-refractivity contribution in [2.45, 2.75) is 27.4 Å². The summed E-state index contributed by atoms with van der Waals surface area (Å²) in [7, 11) is 0. The van der Waals surface area contributed by atoms with Crippen LogP contribution in [0.1, 0.15) is 47.1 Å². The zero-order valence-corrected chi connectivity index (χ0v) is 15.0. The number of amides is 1. The number of carbonyl (C=O) groups excluding carboxylic acids is 3. The number of hydrogen-bond acceptors (Lipinski definition) is 5. The Bertz CT molecular complexity index is 829. The maximum Gasteiger partial charge on any atom is 0.338 e. The second kappa shape index (κ2) is 8.80. The van der Waals surface area contributed by atoms with Gasteiger partial charge < -0.3 is 14.8 Å². The molecule has 1 N–H and O–H groups in total. The molecule has 2 aromatic carbocycles. The summed E-state index contributed by atoms with van der Waals surface area (Å²) in [5, 5.41) is 2.62. The van der Waals surface area contributed by atoms with Crippen LogP contribution in [0.4, 0.5) is 5.69 Å². The quantitative estimate of drug-likeness (QED) is 0.606. The van der Waals surface area contributed by atoms with Gasteiger partial charge in [-0.15, -0.1) is 0 Å². The van der Waals surface area contributed by atoms with Crippen LogP contribution >= 0.6 is 0 Å². The Hall–Kier alpha value is -3.15. The molecule has 136 valence electrons. The Morgan fingerprint density at radius 2 is 1.77 bits per heavy atom. The molecule has 0 heterocycles. The van der Waals surface area contributed by atoms with E-state index >= 15 is 0 Å². The maximum absolute atomic E-state index is 12.3. The van der Waals surface area contributed by atoms with E-state index in [1.54, 1.807) is 42.5 Å². The van der Waals surface area contributed by atoms with E-state index < -0.39 is 5.97 Å². The first kappa shape index (κ1) is 19.2. The van der Waals surface area contributed by atoms with E-state index in [1.807, 2.05) is 6.92 Å². The molecule has 0 fully saturated rings. The van der Waals surface area contributed by atoms with Crippen LogP contribution in [0.2, 0.25) is 0 Å². The molecule has 0 bridgehead atoms. The van der Waals surface area contributed by atoms with Gasteiger partial charge in [-0.25, -0.2) is 4.79 Å². The number of Topliss-reactive ketones (excluding diaryl/α,β-unsaturated/α-hetero) is 1. The Morgan fingerprint density at radius 1 is 1.00 bits per heavy atom. The molecule has 0 spiro atoms. The first-order valence-corrected chi connectivity index (χ1v) is 8.22. The summed E-state index contributed by atoms with van der Waals surface area (Å²) >= 11 is 0. The second-order valence-corrected chi connectivity index (χ2v) is 5.65. The van der Waals surface area contributed by atoms with E-state index in [2.05, 4.69) is 5.32 Å². The van der Waals surface area contributed by atoms with E-state index in [9.17, 15) is 14.4 Å². The number of benzene rings is 2. The summed E-state index contributed by atoms with van der Waals surface area (Å²) in [6.07, 6.45) is 0. The maximum atomic E-state index is 12.3. The van der Waals surface area contributed by atoms with Crippen molar-refractivity contribution < 1.29 is 23.9 Å². The van der Waals surface area contributed by atoms with Crippen LogP contribution in [0.5, 0.6) is 5.75 Å². The Morgan fingerprint density at radius 3 is 2.42 bits per heavy atom. The molecule has 0 aliphatic heterocycles. The molecule has 6 nitrogen and oxygen atoms in total. The molecule has 0 saturated carbocycles. The third kappa shape index (κ3) is 5.17. The van der Waals surface area contributed by atoms with Gasteiger partial charge in [0, 0.05) is 23.7 Å². The van der Waals surface area contributed by atoms with Gasteiger partial charge in [-0.3, -0.25) is 9.59 Å². The van der Waals surface area contributed by atoms with Crippen molar-refractivity contribution in [1.29, 1.82) is 0 Å². The van der Waals surface area contributed by atoms with Crippen molar-refractivity contribution in [1.82, 2.24) is 0 Å². The highest BCUT2D eigenvalue weighted by Crippen LogP contribution is 2.22. The number of ketones is 1. The summed E-state index contributed by atoms with van der Waals surface area (Å²) in [6, 6.07) is 11.5. The predicted molar refractivity (Wildman–Crippen MR) is 97.5 cm³/mol. The van der Waals surface area contributed by atoms with Crippen molar-refractivity contribution in [2.24, 2.45) is 0 Å². The topological polar surface area (TPSA) is 81.7 Å². The highest BCUT2D eigenvalue weighted by Gasteiger charge is 2.13. The van der Waals surface area contributed by atoms with Crippen LogP contribution in [-0.4, -0.2) is 24.3 Å². The van der Waals surface area contributed by atoms with Crippen molar-refractivity contribution in [3.05, 3.63) is 59.2 Å². The molecule has 26 heavy (non-hydrogen) atoms. The molecule has 0 atom stereocenters. The zero-order chi connectivity index (χ0) is 19.1. The van der Waals surface area contributed by atoms with Crippen LogP contribution in [0, 0.1) is 0 Å². The minimum Gasteiger partial charge on any atom is -0.493 e. The molecule has 0 aliphatic rings. The van der Waals surface area contributed by atoms with E-state index in [4.69, 9.17) is 9.47 Å². The lowest BCUT2D eigenvalue weighted by Gasteiger charge is -2.12. The Kier molecular flexibility index (Phi) is 6.49. The number of ether oxygens (including phenoxy) is 2. The highest BCUT2D eigenvalue weighted by atomic mass is 16.5. The van der Waals surface area contributed by atoms with Crippen molar-refractivity contribution >= 4 is 23.3 Å². The Balaban J connectivity index is 2.14. The monoisotopic (exact) mass is 355 g/mol. The standard InChI is InChI=1S/C20H21NO5/c1-4-25-19-9-8-15(13(2)22)10-17(19)12-26-20(24)16-6-5-7-18(11-16)21-14(3)23/h5-11H,4,12H2,1-3H3,(H,21,23). The summed E-state index contributed by atoms with van der Waals surface area (Å²) in [5.41, 5.74) is 1.97. The average Bonchev–Trinajstić information content (AvgIpc) is 2.60. The normalized spacial score (nSPS) is 10.1. The minimum atomic E-state index is -0.534. The molecule has 6 heteroatoms. The molecule has 0 aliphatic carbocycles. The molecule has 0 aromatic heterocycles. The summed E-state index contributed by atoms with van der Waals surface area (Å²) in [6.45, 7) is 5.14. The molecule has 1 amide bonds. The van der Waals surface area contributed by atoms with Gasteiger partial charge in [0.2, 0.25) is 5.91 Å². The fraction of sp³-hybridized carbons (Fsp3) is 0.250. The van der Waals surface area contributed by atoms with Gasteiger partial charge in [-0.05, 0) is 50.2 Å². The number of carbonyl (C=O) groups is 3. The van der Waals surface area contributed by atoms with Crippen molar-refractivity contribution in [2.75, 3.05) is 11.9 Å². The first-order chi connectivity index (χ1) is 12.4. The molecule has 2 aromatic rings. The lowest BCUT2D eigenvalue weighted by atomic mass is 10.1. The van der Waals surface area contributed by atoms with Gasteiger partial charge in [0.1, 0.15) is 12.4 Å². The average molecular weight is 355 g/mol. The van der Waals surface area contributed by atoms with Gasteiger partial charge >= 0.3 is 5.97 Å². The second-order valence-electron chi connectivity index (χ2n) is 5.65. The van der Waals surface area contributed by atoms with E-state index in [0.717, 1.165) is 0 Å². The summed E-state index contributed by atoms with van der Waals surface area (Å²) in [5.74, 6) is -0.272. The molecule has 0 saturated heterocycles. The largest absolute Gasteiger partial charge is 0.493 e. The van der Waals surface area contributed by atoms with Gasteiger partial charge in [-0.1, -0.05) is 6.07 Å². The third-order valence-electron chi connectivity index (χ3n) is 3.54. The van der Waals surface area contributed by atoms with Crippen LogP contribution in [0.3, 0.4) is 0 Å². The van der Waals surface area contributed by atoms with E-state index in [-0.39, 0.29) is 18.3 Å². The van der Waals surface area contributed by atoms with Crippen LogP contribution in [-0.2, 0) is 16.1 Å². The van der Waals surface area contributed by atoms with E-state index in [1.165, 1.54) is 13.8 Å². The Labute approximate surface area is 152 Å². The van der Waals surface area contributed by atoms with Gasteiger partial charge in [0.15, 0.2) is 5.78 Å². The number of rotatable bonds is 7. The fourth-order valence-corrected chi connectivity index (χ4v) is 2.36. The van der Waals surface area contributed by atoms with Crippen LogP contribution < -0.4 is 10.1 Å². The lowest BCUT2D eigenvalue weighted by Crippen LogP contribution is -2.09. The van der Waals surface area contributed by atoms with Gasteiger partial charge in [0.05, 0.1) is 12.2 Å². The number of anilines is 1. The van der Waals surface area contributed by atoms with Crippen LogP contribution in [0.15, 0.2) is 42.5 Å². The number of hydrogen-bond donors (Lipinski definition) is 1. The smallest absolute Gasteiger partial charge is 0.338 e. The van der Waals surface area contributed by atoms with Crippen molar-refractivity contribution in [3.63, 3.8) is 0 Å². The molecular weight excluding hydrogens is 334 g/mol. The number of esters is 1. The SMILES string of the molecule is CCOc1ccc(C(C)=O)cc1COC(=O)c1cccc(NC(C)=O)c1. The fourth-order valence-electron chi connectivity index (χ4n) is 2.36. The summed E-state index contributed by atoms with van der Waals surface area (Å²) in [4.78, 5) is 35.0. The lowest BCUT2D eigenvalue weighted by molar-refractivity contribution is -0.114. The van der Waals surface area contributed by atoms with Gasteiger partial charge in [0.25, 0.3) is 0 Å². The molecule has 0 radical (unpaired) electrons. The summed E-state index contributed by atoms with van der Waals surface area (Å²) < 4.78 is 10.9. The molecule has 0 unspecified atom stereocenters. The predicted octanol–water partition coefficient (Wildman–Crippen LogP) is 3.60. The molecule has 2 rings (SSSR count).